The van der Waals surface area contributed by atoms with Gasteiger partial charge in [0.2, 0.25) is 0 Å². The number of para-hydroxylation sites is 1. The Bertz CT molecular complexity index is 681. The summed E-state index contributed by atoms with van der Waals surface area (Å²) in [5.41, 5.74) is 4.68. The summed E-state index contributed by atoms with van der Waals surface area (Å²) in [5, 5.41) is 1.49. The lowest BCUT2D eigenvalue weighted by molar-refractivity contribution is 0.151. The highest BCUT2D eigenvalue weighted by Gasteiger charge is 2.20. The van der Waals surface area contributed by atoms with Gasteiger partial charge in [0, 0.05) is 55.1 Å². The first-order valence-corrected chi connectivity index (χ1v) is 10.1. The normalized spacial score (nSPS) is 18.4. The standard InChI is InChI=1S/C19H27N3S.2ClH/c1-20-10-12-21(13-11-20)8-4-9-22-18-6-3-2-5-16(18)17-15-23-14-7-19(17)22;;/h2-3,5-6H,4,7-15H2,1H3;2*1H. The van der Waals surface area contributed by atoms with Crippen LogP contribution < -0.4 is 0 Å². The van der Waals surface area contributed by atoms with Gasteiger partial charge in [-0.3, -0.25) is 0 Å². The van der Waals surface area contributed by atoms with Gasteiger partial charge in [-0.2, -0.15) is 11.8 Å². The third-order valence-corrected chi connectivity index (χ3v) is 6.36. The predicted octanol–water partition coefficient (Wildman–Crippen LogP) is 3.91. The molecule has 25 heavy (non-hydrogen) atoms. The van der Waals surface area contributed by atoms with E-state index in [1.807, 2.05) is 0 Å². The van der Waals surface area contributed by atoms with Crippen LogP contribution in [0.15, 0.2) is 24.3 Å². The minimum Gasteiger partial charge on any atom is -0.344 e. The Morgan fingerprint density at radius 2 is 1.76 bits per heavy atom. The quantitative estimate of drug-likeness (QED) is 0.769. The van der Waals surface area contributed by atoms with Crippen molar-refractivity contribution >= 4 is 47.5 Å². The first-order chi connectivity index (χ1) is 11.3. The van der Waals surface area contributed by atoms with Crippen LogP contribution in [-0.4, -0.2) is 59.9 Å². The molecular formula is C19H29Cl2N3S. The summed E-state index contributed by atoms with van der Waals surface area (Å²) in [6, 6.07) is 9.01. The molecule has 6 heteroatoms. The fourth-order valence-corrected chi connectivity index (χ4v) is 5.01. The number of hydrogen-bond donors (Lipinski definition) is 0. The van der Waals surface area contributed by atoms with Crippen molar-refractivity contribution in [3.05, 3.63) is 35.5 Å². The third kappa shape index (κ3) is 4.48. The number of aromatic nitrogens is 1. The van der Waals surface area contributed by atoms with Gasteiger partial charge in [-0.05, 0) is 43.8 Å². The number of likely N-dealkylation sites (N-methyl/N-ethyl adjacent to an activating group) is 1. The third-order valence-electron chi connectivity index (χ3n) is 5.38. The number of aryl methyl sites for hydroxylation is 1. The van der Waals surface area contributed by atoms with E-state index in [1.54, 1.807) is 11.3 Å². The van der Waals surface area contributed by atoms with Gasteiger partial charge in [0.15, 0.2) is 0 Å². The lowest BCUT2D eigenvalue weighted by Gasteiger charge is -2.32. The topological polar surface area (TPSA) is 11.4 Å². The first-order valence-electron chi connectivity index (χ1n) is 8.90. The number of hydrogen-bond acceptors (Lipinski definition) is 3. The molecule has 140 valence electrons. The Morgan fingerprint density at radius 3 is 2.56 bits per heavy atom. The van der Waals surface area contributed by atoms with E-state index in [0.29, 0.717) is 0 Å². The molecule has 2 aromatic rings. The number of benzene rings is 1. The Hall–Kier alpha value is -0.390. The number of rotatable bonds is 4. The fraction of sp³-hybridized carbons (Fsp3) is 0.579. The average molecular weight is 402 g/mol. The zero-order chi connectivity index (χ0) is 15.6. The Morgan fingerprint density at radius 1 is 1.00 bits per heavy atom. The second kappa shape index (κ2) is 9.52. The smallest absolute Gasteiger partial charge is 0.0485 e. The predicted molar refractivity (Wildman–Crippen MR) is 115 cm³/mol. The van der Waals surface area contributed by atoms with Crippen LogP contribution in [0, 0.1) is 0 Å². The lowest BCUT2D eigenvalue weighted by atomic mass is 10.1. The van der Waals surface area contributed by atoms with Crippen LogP contribution in [0.25, 0.3) is 10.9 Å². The summed E-state index contributed by atoms with van der Waals surface area (Å²) in [7, 11) is 2.23. The maximum absolute atomic E-state index is 2.63. The highest BCUT2D eigenvalue weighted by molar-refractivity contribution is 7.98. The minimum absolute atomic E-state index is 0. The molecule has 4 rings (SSSR count). The highest BCUT2D eigenvalue weighted by atomic mass is 35.5. The van der Waals surface area contributed by atoms with E-state index < -0.39 is 0 Å². The molecule has 3 heterocycles. The van der Waals surface area contributed by atoms with Gasteiger partial charge < -0.3 is 14.4 Å². The Kier molecular flexibility index (Phi) is 7.96. The number of nitrogens with zero attached hydrogens (tertiary/aromatic N) is 3. The summed E-state index contributed by atoms with van der Waals surface area (Å²) in [6.07, 6.45) is 2.51. The molecule has 1 aromatic carbocycles. The van der Waals surface area contributed by atoms with E-state index in [4.69, 9.17) is 0 Å². The van der Waals surface area contributed by atoms with E-state index in [1.165, 1.54) is 74.5 Å². The van der Waals surface area contributed by atoms with E-state index in [9.17, 15) is 0 Å². The maximum Gasteiger partial charge on any atom is 0.0485 e. The molecule has 1 fully saturated rings. The summed E-state index contributed by atoms with van der Waals surface area (Å²) in [6.45, 7) is 7.32. The molecule has 0 N–H and O–H groups in total. The van der Waals surface area contributed by atoms with Crippen LogP contribution in [0.2, 0.25) is 0 Å². The van der Waals surface area contributed by atoms with E-state index in [2.05, 4.69) is 57.4 Å². The molecule has 0 saturated carbocycles. The molecule has 0 amide bonds. The highest BCUT2D eigenvalue weighted by Crippen LogP contribution is 2.34. The van der Waals surface area contributed by atoms with E-state index in [-0.39, 0.29) is 24.8 Å². The van der Waals surface area contributed by atoms with Gasteiger partial charge in [0.05, 0.1) is 0 Å². The van der Waals surface area contributed by atoms with Crippen molar-refractivity contribution in [1.29, 1.82) is 0 Å². The second-order valence-corrected chi connectivity index (χ2v) is 8.00. The van der Waals surface area contributed by atoms with Gasteiger partial charge in [0.25, 0.3) is 0 Å². The van der Waals surface area contributed by atoms with Gasteiger partial charge >= 0.3 is 0 Å². The minimum atomic E-state index is 0. The lowest BCUT2D eigenvalue weighted by Crippen LogP contribution is -2.44. The van der Waals surface area contributed by atoms with Crippen LogP contribution in [0.4, 0.5) is 0 Å². The van der Waals surface area contributed by atoms with Crippen molar-refractivity contribution in [3.8, 4) is 0 Å². The molecule has 0 radical (unpaired) electrons. The van der Waals surface area contributed by atoms with Crippen LogP contribution >= 0.6 is 36.6 Å². The summed E-state index contributed by atoms with van der Waals surface area (Å²) in [4.78, 5) is 5.07. The fourth-order valence-electron chi connectivity index (χ4n) is 4.00. The molecule has 0 unspecified atom stereocenters. The van der Waals surface area contributed by atoms with Crippen molar-refractivity contribution < 1.29 is 0 Å². The van der Waals surface area contributed by atoms with Crippen molar-refractivity contribution in [2.45, 2.75) is 25.1 Å². The van der Waals surface area contributed by atoms with Crippen LogP contribution in [-0.2, 0) is 18.7 Å². The molecule has 0 bridgehead atoms. The summed E-state index contributed by atoms with van der Waals surface area (Å²) in [5.74, 6) is 2.48. The molecule has 2 aliphatic heterocycles. The molecule has 0 spiro atoms. The van der Waals surface area contributed by atoms with E-state index in [0.717, 1.165) is 0 Å². The van der Waals surface area contributed by atoms with Gasteiger partial charge in [-0.1, -0.05) is 18.2 Å². The molecule has 2 aliphatic rings. The zero-order valence-corrected chi connectivity index (χ0v) is 17.4. The molecular weight excluding hydrogens is 373 g/mol. The van der Waals surface area contributed by atoms with Crippen LogP contribution in [0.1, 0.15) is 17.7 Å². The van der Waals surface area contributed by atoms with Crippen LogP contribution in [0.5, 0.6) is 0 Å². The van der Waals surface area contributed by atoms with Gasteiger partial charge in [-0.25, -0.2) is 0 Å². The maximum atomic E-state index is 2.63. The summed E-state index contributed by atoms with van der Waals surface area (Å²) < 4.78 is 2.63. The van der Waals surface area contributed by atoms with Crippen molar-refractivity contribution in [2.24, 2.45) is 0 Å². The molecule has 0 aliphatic carbocycles. The molecule has 0 atom stereocenters. The van der Waals surface area contributed by atoms with Crippen molar-refractivity contribution in [2.75, 3.05) is 45.5 Å². The number of piperazine rings is 1. The van der Waals surface area contributed by atoms with Gasteiger partial charge in [0.1, 0.15) is 0 Å². The van der Waals surface area contributed by atoms with Crippen molar-refractivity contribution in [1.82, 2.24) is 14.4 Å². The molecule has 3 nitrogen and oxygen atoms in total. The second-order valence-electron chi connectivity index (χ2n) is 6.90. The van der Waals surface area contributed by atoms with E-state index >= 15 is 0 Å². The molecule has 1 aromatic heterocycles. The van der Waals surface area contributed by atoms with Gasteiger partial charge in [-0.15, -0.1) is 24.8 Å². The number of halogens is 2. The summed E-state index contributed by atoms with van der Waals surface area (Å²) >= 11 is 2.09. The zero-order valence-electron chi connectivity index (χ0n) is 14.9. The number of thioether (sulfide) groups is 1. The SMILES string of the molecule is CN1CCN(CCCn2c3c(c4ccccc42)CSCC3)CC1.Cl.Cl. The van der Waals surface area contributed by atoms with Crippen molar-refractivity contribution in [3.63, 3.8) is 0 Å². The Labute approximate surface area is 167 Å². The molecule has 1 saturated heterocycles. The number of fused-ring (bicyclic) bond motifs is 3. The van der Waals surface area contributed by atoms with Crippen LogP contribution in [0.3, 0.4) is 0 Å². The largest absolute Gasteiger partial charge is 0.344 e. The average Bonchev–Trinajstić information content (AvgIpc) is 2.91. The Balaban J connectivity index is 0.00000113. The monoisotopic (exact) mass is 401 g/mol. The first kappa shape index (κ1) is 20.9.